The van der Waals surface area contributed by atoms with Gasteiger partial charge in [0.1, 0.15) is 11.9 Å². The quantitative estimate of drug-likeness (QED) is 0.731. The first kappa shape index (κ1) is 21.0. The zero-order valence-electron chi connectivity index (χ0n) is 15.3. The monoisotopic (exact) mass is 383 g/mol. The van der Waals surface area contributed by atoms with Crippen LogP contribution in [0.1, 0.15) is 24.8 Å². The number of amides is 1. The van der Waals surface area contributed by atoms with Gasteiger partial charge in [-0.15, -0.1) is 0 Å². The Morgan fingerprint density at radius 3 is 2.67 bits per heavy atom. The zero-order chi connectivity index (χ0) is 19.9. The number of anilines is 1. The summed E-state index contributed by atoms with van der Waals surface area (Å²) in [5.74, 6) is 0.661. The molecule has 1 fully saturated rings. The fourth-order valence-electron chi connectivity index (χ4n) is 3.10. The molecule has 1 aliphatic heterocycles. The van der Waals surface area contributed by atoms with Crippen molar-refractivity contribution in [1.29, 1.82) is 5.26 Å². The van der Waals surface area contributed by atoms with Crippen LogP contribution in [0.15, 0.2) is 18.3 Å². The molecule has 0 bridgehead atoms. The molecule has 0 spiro atoms. The predicted molar refractivity (Wildman–Crippen MR) is 95.1 cm³/mol. The third-order valence-electron chi connectivity index (χ3n) is 4.53. The molecule has 1 aliphatic rings. The van der Waals surface area contributed by atoms with Crippen LogP contribution in [0.4, 0.5) is 19.0 Å². The number of rotatable bonds is 7. The molecule has 2 rings (SSSR count). The normalized spacial score (nSPS) is 15.6. The van der Waals surface area contributed by atoms with Crippen molar-refractivity contribution in [3.8, 4) is 6.07 Å². The smallest absolute Gasteiger partial charge is 0.357 e. The Bertz CT molecular complexity index is 648. The molecule has 1 saturated heterocycles. The summed E-state index contributed by atoms with van der Waals surface area (Å²) in [5.41, 5.74) is 0.508. The van der Waals surface area contributed by atoms with Crippen LogP contribution in [0.3, 0.4) is 0 Å². The number of pyridine rings is 1. The summed E-state index contributed by atoms with van der Waals surface area (Å²) in [6.45, 7) is 1.11. The van der Waals surface area contributed by atoms with E-state index in [1.165, 1.54) is 18.1 Å². The van der Waals surface area contributed by atoms with E-state index in [-0.39, 0.29) is 18.4 Å². The van der Waals surface area contributed by atoms with Gasteiger partial charge in [-0.1, -0.05) is 0 Å². The van der Waals surface area contributed by atoms with Gasteiger partial charge in [0.05, 0.1) is 12.1 Å². The highest BCUT2D eigenvalue weighted by molar-refractivity contribution is 5.78. The van der Waals surface area contributed by atoms with Crippen LogP contribution in [0.5, 0.6) is 0 Å². The fraction of sp³-hybridized carbons (Fsp3) is 0.611. The first-order chi connectivity index (χ1) is 12.8. The second-order valence-corrected chi connectivity index (χ2v) is 6.78. The lowest BCUT2D eigenvalue weighted by Gasteiger charge is -2.32. The van der Waals surface area contributed by atoms with Crippen LogP contribution in [-0.2, 0) is 4.79 Å². The molecule has 0 aliphatic carbocycles. The molecule has 148 valence electrons. The van der Waals surface area contributed by atoms with Gasteiger partial charge in [-0.2, -0.15) is 18.4 Å². The average molecular weight is 383 g/mol. The van der Waals surface area contributed by atoms with E-state index in [1.54, 1.807) is 12.1 Å². The van der Waals surface area contributed by atoms with Gasteiger partial charge >= 0.3 is 6.18 Å². The highest BCUT2D eigenvalue weighted by Crippen LogP contribution is 2.22. The predicted octanol–water partition coefficient (Wildman–Crippen LogP) is 2.17. The standard InChI is InChI=1S/C18H24F3N5O/c1-25(13-18(19,20)21)8-2-7-23-17(27)15-5-9-26(10-6-15)16-4-3-14(11-22)12-24-16/h3-4,12,15H,2,5-10,13H2,1H3,(H,23,27). The number of hydrogen-bond donors (Lipinski definition) is 1. The molecule has 27 heavy (non-hydrogen) atoms. The molecule has 6 nitrogen and oxygen atoms in total. The molecule has 0 radical (unpaired) electrons. The van der Waals surface area contributed by atoms with E-state index in [4.69, 9.17) is 5.26 Å². The number of carbonyl (C=O) groups is 1. The number of alkyl halides is 3. The number of aromatic nitrogens is 1. The lowest BCUT2D eigenvalue weighted by Crippen LogP contribution is -2.41. The van der Waals surface area contributed by atoms with Gasteiger partial charge in [0, 0.05) is 31.7 Å². The number of carbonyl (C=O) groups excluding carboxylic acids is 1. The molecule has 0 saturated carbocycles. The second kappa shape index (κ2) is 9.55. The maximum atomic E-state index is 12.2. The number of hydrogen-bond acceptors (Lipinski definition) is 5. The molecule has 0 unspecified atom stereocenters. The molecule has 0 atom stereocenters. The Labute approximate surface area is 157 Å². The van der Waals surface area contributed by atoms with Gasteiger partial charge in [-0.05, 0) is 45.0 Å². The summed E-state index contributed by atoms with van der Waals surface area (Å²) in [7, 11) is 1.42. The van der Waals surface area contributed by atoms with E-state index in [9.17, 15) is 18.0 Å². The van der Waals surface area contributed by atoms with Crippen LogP contribution >= 0.6 is 0 Å². The fourth-order valence-corrected chi connectivity index (χ4v) is 3.10. The largest absolute Gasteiger partial charge is 0.401 e. The van der Waals surface area contributed by atoms with E-state index in [2.05, 4.69) is 15.2 Å². The van der Waals surface area contributed by atoms with Crippen LogP contribution in [-0.4, -0.2) is 61.7 Å². The summed E-state index contributed by atoms with van der Waals surface area (Å²) in [6, 6.07) is 5.55. The maximum absolute atomic E-state index is 12.2. The molecule has 1 aromatic rings. The Morgan fingerprint density at radius 2 is 2.11 bits per heavy atom. The SMILES string of the molecule is CN(CCCNC(=O)C1CCN(c2ccc(C#N)cn2)CC1)CC(F)(F)F. The summed E-state index contributed by atoms with van der Waals surface area (Å²) < 4.78 is 36.7. The van der Waals surface area contributed by atoms with Crippen molar-refractivity contribution in [2.45, 2.75) is 25.4 Å². The molecule has 1 amide bonds. The minimum absolute atomic E-state index is 0.0408. The van der Waals surface area contributed by atoms with Gasteiger partial charge < -0.3 is 10.2 Å². The van der Waals surface area contributed by atoms with Gasteiger partial charge in [-0.25, -0.2) is 4.98 Å². The molecular formula is C18H24F3N5O. The second-order valence-electron chi connectivity index (χ2n) is 6.78. The molecule has 9 heteroatoms. The van der Waals surface area contributed by atoms with Gasteiger partial charge in [0.25, 0.3) is 0 Å². The van der Waals surface area contributed by atoms with Crippen LogP contribution in [0.25, 0.3) is 0 Å². The molecule has 0 aromatic carbocycles. The Kier molecular flexibility index (Phi) is 7.42. The summed E-state index contributed by atoms with van der Waals surface area (Å²) in [4.78, 5) is 19.8. The van der Waals surface area contributed by atoms with E-state index in [0.717, 1.165) is 5.82 Å². The van der Waals surface area contributed by atoms with Crippen molar-refractivity contribution < 1.29 is 18.0 Å². The van der Waals surface area contributed by atoms with Crippen LogP contribution < -0.4 is 10.2 Å². The van der Waals surface area contributed by atoms with Crippen LogP contribution in [0.2, 0.25) is 0 Å². The summed E-state index contributed by atoms with van der Waals surface area (Å²) >= 11 is 0. The topological polar surface area (TPSA) is 72.3 Å². The van der Waals surface area contributed by atoms with Crippen molar-refractivity contribution in [3.05, 3.63) is 23.9 Å². The lowest BCUT2D eigenvalue weighted by atomic mass is 9.96. The van der Waals surface area contributed by atoms with Crippen molar-refractivity contribution in [2.75, 3.05) is 44.7 Å². The lowest BCUT2D eigenvalue weighted by molar-refractivity contribution is -0.143. The van der Waals surface area contributed by atoms with Gasteiger partial charge in [-0.3, -0.25) is 9.69 Å². The molecule has 2 heterocycles. The minimum atomic E-state index is -4.20. The maximum Gasteiger partial charge on any atom is 0.401 e. The molecular weight excluding hydrogens is 359 g/mol. The highest BCUT2D eigenvalue weighted by Gasteiger charge is 2.29. The molecule has 1 N–H and O–H groups in total. The Hall–Kier alpha value is -2.34. The van der Waals surface area contributed by atoms with Crippen LogP contribution in [0, 0.1) is 17.2 Å². The summed E-state index contributed by atoms with van der Waals surface area (Å²) in [5, 5.41) is 11.6. The third-order valence-corrected chi connectivity index (χ3v) is 4.53. The van der Waals surface area contributed by atoms with Crippen molar-refractivity contribution >= 4 is 11.7 Å². The minimum Gasteiger partial charge on any atom is -0.357 e. The number of nitrogens with one attached hydrogen (secondary N) is 1. The highest BCUT2D eigenvalue weighted by atomic mass is 19.4. The molecule has 1 aromatic heterocycles. The average Bonchev–Trinajstić information content (AvgIpc) is 2.64. The number of halogens is 3. The Morgan fingerprint density at radius 1 is 1.41 bits per heavy atom. The van der Waals surface area contributed by atoms with Crippen molar-refractivity contribution in [3.63, 3.8) is 0 Å². The van der Waals surface area contributed by atoms with E-state index >= 15 is 0 Å². The number of nitriles is 1. The van der Waals surface area contributed by atoms with Gasteiger partial charge in [0.15, 0.2) is 0 Å². The van der Waals surface area contributed by atoms with Crippen molar-refractivity contribution in [1.82, 2.24) is 15.2 Å². The van der Waals surface area contributed by atoms with E-state index < -0.39 is 12.7 Å². The van der Waals surface area contributed by atoms with E-state index in [1.807, 2.05) is 6.07 Å². The first-order valence-electron chi connectivity index (χ1n) is 8.92. The Balaban J connectivity index is 1.66. The summed E-state index contributed by atoms with van der Waals surface area (Å²) in [6.07, 6.45) is -0.797. The first-order valence-corrected chi connectivity index (χ1v) is 8.92. The van der Waals surface area contributed by atoms with Crippen molar-refractivity contribution in [2.24, 2.45) is 5.92 Å². The zero-order valence-corrected chi connectivity index (χ0v) is 15.3. The number of piperidine rings is 1. The third kappa shape index (κ3) is 7.06. The van der Waals surface area contributed by atoms with E-state index in [0.29, 0.717) is 44.5 Å². The number of nitrogens with zero attached hydrogens (tertiary/aromatic N) is 4. The van der Waals surface area contributed by atoms with Gasteiger partial charge in [0.2, 0.25) is 5.91 Å².